The highest BCUT2D eigenvalue weighted by atomic mass is 16.6. The lowest BCUT2D eigenvalue weighted by Crippen LogP contribution is -2.20. The second kappa shape index (κ2) is 7.83. The number of nitro groups is 2. The Hall–Kier alpha value is -3.82. The van der Waals surface area contributed by atoms with E-state index in [1.54, 1.807) is 13.0 Å². The van der Waals surface area contributed by atoms with E-state index in [4.69, 9.17) is 4.74 Å². The molecule has 0 heterocycles. The third-order valence-electron chi connectivity index (χ3n) is 3.44. The standard InChI is InChI=1S/C16H14N4O6/c1-10(11-4-3-5-12(8-11)19(22)23)17-18-16(21)14-9-13(20(24)25)6-7-15(14)26-2/h3-9H,1-2H3,(H,18,21). The van der Waals surface area contributed by atoms with Crippen LogP contribution in [0.25, 0.3) is 0 Å². The number of benzene rings is 2. The molecule has 0 unspecified atom stereocenters. The van der Waals surface area contributed by atoms with Crippen LogP contribution in [-0.2, 0) is 0 Å². The Morgan fingerprint density at radius 3 is 2.35 bits per heavy atom. The molecule has 0 fully saturated rings. The summed E-state index contributed by atoms with van der Waals surface area (Å²) >= 11 is 0. The van der Waals surface area contributed by atoms with Crippen molar-refractivity contribution in [2.45, 2.75) is 6.92 Å². The number of nitrogens with one attached hydrogen (secondary N) is 1. The van der Waals surface area contributed by atoms with Gasteiger partial charge >= 0.3 is 0 Å². The van der Waals surface area contributed by atoms with Crippen LogP contribution in [0.2, 0.25) is 0 Å². The van der Waals surface area contributed by atoms with Gasteiger partial charge in [0.25, 0.3) is 17.3 Å². The van der Waals surface area contributed by atoms with Crippen LogP contribution < -0.4 is 10.2 Å². The minimum Gasteiger partial charge on any atom is -0.496 e. The lowest BCUT2D eigenvalue weighted by atomic mass is 10.1. The van der Waals surface area contributed by atoms with Gasteiger partial charge in [-0.1, -0.05) is 12.1 Å². The lowest BCUT2D eigenvalue weighted by molar-refractivity contribution is -0.385. The van der Waals surface area contributed by atoms with Crippen molar-refractivity contribution in [2.75, 3.05) is 7.11 Å². The number of rotatable bonds is 6. The second-order valence-electron chi connectivity index (χ2n) is 5.09. The predicted molar refractivity (Wildman–Crippen MR) is 92.4 cm³/mol. The van der Waals surface area contributed by atoms with Crippen molar-refractivity contribution in [2.24, 2.45) is 5.10 Å². The molecular weight excluding hydrogens is 344 g/mol. The first kappa shape index (κ1) is 18.5. The average molecular weight is 358 g/mol. The fraction of sp³-hybridized carbons (Fsp3) is 0.125. The van der Waals surface area contributed by atoms with Crippen molar-refractivity contribution >= 4 is 23.0 Å². The number of non-ortho nitro benzene ring substituents is 2. The Bertz CT molecular complexity index is 909. The monoisotopic (exact) mass is 358 g/mol. The normalized spacial score (nSPS) is 10.9. The summed E-state index contributed by atoms with van der Waals surface area (Å²) in [6.45, 7) is 1.56. The SMILES string of the molecule is COc1ccc([N+](=O)[O-])cc1C(=O)NN=C(C)c1cccc([N+](=O)[O-])c1. The highest BCUT2D eigenvalue weighted by molar-refractivity contribution is 6.02. The number of methoxy groups -OCH3 is 1. The van der Waals surface area contributed by atoms with Gasteiger partial charge in [-0.05, 0) is 13.0 Å². The Labute approximate surface area is 147 Å². The van der Waals surface area contributed by atoms with Crippen LogP contribution in [0.3, 0.4) is 0 Å². The summed E-state index contributed by atoms with van der Waals surface area (Å²) < 4.78 is 5.03. The highest BCUT2D eigenvalue weighted by Crippen LogP contribution is 2.24. The van der Waals surface area contributed by atoms with E-state index in [0.717, 1.165) is 6.07 Å². The summed E-state index contributed by atoms with van der Waals surface area (Å²) in [7, 11) is 1.33. The molecule has 0 aliphatic carbocycles. The van der Waals surface area contributed by atoms with Gasteiger partial charge in [0, 0.05) is 29.8 Å². The number of hydrogen-bond acceptors (Lipinski definition) is 7. The maximum atomic E-state index is 12.3. The van der Waals surface area contributed by atoms with Gasteiger partial charge in [-0.25, -0.2) is 5.43 Å². The molecule has 2 rings (SSSR count). The van der Waals surface area contributed by atoms with Gasteiger partial charge in [0.2, 0.25) is 0 Å². The molecule has 0 atom stereocenters. The fourth-order valence-electron chi connectivity index (χ4n) is 2.09. The van der Waals surface area contributed by atoms with Gasteiger partial charge in [-0.15, -0.1) is 0 Å². The van der Waals surface area contributed by atoms with Gasteiger partial charge < -0.3 is 4.74 Å². The first-order chi connectivity index (χ1) is 12.3. The average Bonchev–Trinajstić information content (AvgIpc) is 2.65. The molecule has 10 heteroatoms. The summed E-state index contributed by atoms with van der Waals surface area (Å²) in [6.07, 6.45) is 0. The van der Waals surface area contributed by atoms with Gasteiger partial charge in [0.1, 0.15) is 5.75 Å². The molecule has 26 heavy (non-hydrogen) atoms. The van der Waals surface area contributed by atoms with E-state index < -0.39 is 15.8 Å². The summed E-state index contributed by atoms with van der Waals surface area (Å²) in [5.41, 5.74) is 2.60. The molecule has 0 saturated carbocycles. The van der Waals surface area contributed by atoms with Crippen LogP contribution in [0.15, 0.2) is 47.6 Å². The molecule has 2 aromatic rings. The number of carbonyl (C=O) groups is 1. The summed E-state index contributed by atoms with van der Waals surface area (Å²) in [5.74, 6) is -0.563. The van der Waals surface area contributed by atoms with E-state index in [1.165, 1.54) is 37.4 Å². The van der Waals surface area contributed by atoms with E-state index >= 15 is 0 Å². The Balaban J connectivity index is 2.26. The van der Waals surface area contributed by atoms with E-state index in [0.29, 0.717) is 11.3 Å². The minimum atomic E-state index is -0.713. The third kappa shape index (κ3) is 4.17. The maximum Gasteiger partial charge on any atom is 0.275 e. The molecule has 0 aliphatic rings. The molecule has 10 nitrogen and oxygen atoms in total. The summed E-state index contributed by atoms with van der Waals surface area (Å²) in [6, 6.07) is 9.36. The first-order valence-corrected chi connectivity index (χ1v) is 7.25. The first-order valence-electron chi connectivity index (χ1n) is 7.25. The molecule has 0 radical (unpaired) electrons. The zero-order chi connectivity index (χ0) is 19.3. The van der Waals surface area contributed by atoms with Crippen LogP contribution in [0.5, 0.6) is 5.75 Å². The quantitative estimate of drug-likeness (QED) is 0.479. The van der Waals surface area contributed by atoms with Crippen LogP contribution in [-0.4, -0.2) is 28.6 Å². The van der Waals surface area contributed by atoms with Gasteiger partial charge in [0.15, 0.2) is 0 Å². The van der Waals surface area contributed by atoms with Crippen molar-refractivity contribution in [1.82, 2.24) is 5.43 Å². The second-order valence-corrected chi connectivity index (χ2v) is 5.09. The smallest absolute Gasteiger partial charge is 0.275 e. The third-order valence-corrected chi connectivity index (χ3v) is 3.44. The van der Waals surface area contributed by atoms with Crippen molar-refractivity contribution < 1.29 is 19.4 Å². The van der Waals surface area contributed by atoms with Crippen LogP contribution in [0, 0.1) is 20.2 Å². The Kier molecular flexibility index (Phi) is 5.58. The number of nitrogens with zero attached hydrogens (tertiary/aromatic N) is 3. The van der Waals surface area contributed by atoms with Crippen LogP contribution in [0.1, 0.15) is 22.8 Å². The topological polar surface area (TPSA) is 137 Å². The Morgan fingerprint density at radius 1 is 1.08 bits per heavy atom. The van der Waals surface area contributed by atoms with Crippen molar-refractivity contribution in [3.63, 3.8) is 0 Å². The Morgan fingerprint density at radius 2 is 1.73 bits per heavy atom. The largest absolute Gasteiger partial charge is 0.496 e. The highest BCUT2D eigenvalue weighted by Gasteiger charge is 2.17. The molecule has 1 amide bonds. The number of nitro benzene ring substituents is 2. The molecule has 0 spiro atoms. The van der Waals surface area contributed by atoms with Crippen molar-refractivity contribution in [3.8, 4) is 5.75 Å². The minimum absolute atomic E-state index is 0.0581. The summed E-state index contributed by atoms with van der Waals surface area (Å²) in [5, 5.41) is 25.6. The van der Waals surface area contributed by atoms with Gasteiger partial charge in [-0.2, -0.15) is 5.10 Å². The van der Waals surface area contributed by atoms with Crippen molar-refractivity contribution in [3.05, 3.63) is 73.8 Å². The molecule has 0 saturated heterocycles. The zero-order valence-electron chi connectivity index (χ0n) is 13.8. The van der Waals surface area contributed by atoms with Crippen LogP contribution in [0.4, 0.5) is 11.4 Å². The molecule has 2 aromatic carbocycles. The van der Waals surface area contributed by atoms with Crippen LogP contribution >= 0.6 is 0 Å². The molecule has 134 valence electrons. The number of hydrazone groups is 1. The van der Waals surface area contributed by atoms with Gasteiger partial charge in [-0.3, -0.25) is 25.0 Å². The zero-order valence-corrected chi connectivity index (χ0v) is 13.8. The van der Waals surface area contributed by atoms with E-state index in [1.807, 2.05) is 0 Å². The molecule has 1 N–H and O–H groups in total. The lowest BCUT2D eigenvalue weighted by Gasteiger charge is -2.07. The number of hydrogen-bond donors (Lipinski definition) is 1. The van der Waals surface area contributed by atoms with E-state index in [9.17, 15) is 25.0 Å². The van der Waals surface area contributed by atoms with Gasteiger partial charge in [0.05, 0.1) is 28.2 Å². The predicted octanol–water partition coefficient (Wildman–Crippen LogP) is 2.67. The number of carbonyl (C=O) groups excluding carboxylic acids is 1. The maximum absolute atomic E-state index is 12.3. The van der Waals surface area contributed by atoms with E-state index in [2.05, 4.69) is 10.5 Å². The molecular formula is C16H14N4O6. The molecule has 0 aromatic heterocycles. The number of ether oxygens (including phenoxy) is 1. The number of amides is 1. The van der Waals surface area contributed by atoms with Crippen molar-refractivity contribution in [1.29, 1.82) is 0 Å². The van der Waals surface area contributed by atoms with E-state index in [-0.39, 0.29) is 22.7 Å². The fourth-order valence-corrected chi connectivity index (χ4v) is 2.09. The summed E-state index contributed by atoms with van der Waals surface area (Å²) in [4.78, 5) is 32.8. The molecule has 0 bridgehead atoms. The molecule has 0 aliphatic heterocycles.